The molecule has 2 atom stereocenters. The SMILES string of the molecule is CC.CO.COCc1c(C(O)C=O)cc2n(c1=O)Cc1c-2nc2ccc(OC)cc2c1CN(N)/C1=C(\N)C(OCC=O)CCCCC1. The molecular weight excluding hydrogens is 606 g/mol. The van der Waals surface area contributed by atoms with Gasteiger partial charge in [0.15, 0.2) is 6.29 Å². The van der Waals surface area contributed by atoms with Gasteiger partial charge in [-0.15, -0.1) is 0 Å². The van der Waals surface area contributed by atoms with Crippen LogP contribution in [0.5, 0.6) is 5.75 Å². The minimum Gasteiger partial charge on any atom is -0.497 e. The second-order valence-electron chi connectivity index (χ2n) is 10.8. The third kappa shape index (κ3) is 7.88. The predicted molar refractivity (Wildman–Crippen MR) is 178 cm³/mol. The van der Waals surface area contributed by atoms with Gasteiger partial charge in [0.2, 0.25) is 0 Å². The number of hydrazine groups is 1. The minimum absolute atomic E-state index is 0.0512. The molecule has 13 nitrogen and oxygen atoms in total. The van der Waals surface area contributed by atoms with Crippen LogP contribution in [-0.2, 0) is 38.8 Å². The van der Waals surface area contributed by atoms with Crippen molar-refractivity contribution in [3.8, 4) is 17.1 Å². The molecule has 0 fully saturated rings. The summed E-state index contributed by atoms with van der Waals surface area (Å²) in [6.45, 7) is 4.33. The third-order valence-corrected chi connectivity index (χ3v) is 8.24. The molecule has 0 bridgehead atoms. The van der Waals surface area contributed by atoms with Crippen LogP contribution in [-0.4, -0.2) is 71.4 Å². The van der Waals surface area contributed by atoms with Crippen LogP contribution < -0.4 is 21.9 Å². The van der Waals surface area contributed by atoms with Crippen molar-refractivity contribution in [3.05, 3.63) is 68.3 Å². The number of ether oxygens (including phenoxy) is 3. The Morgan fingerprint density at radius 2 is 1.87 bits per heavy atom. The highest BCUT2D eigenvalue weighted by molar-refractivity contribution is 5.89. The number of hydrogen-bond donors (Lipinski definition) is 4. The molecule has 13 heteroatoms. The number of nitrogens with two attached hydrogens (primary N) is 2. The van der Waals surface area contributed by atoms with Gasteiger partial charge in [0, 0.05) is 36.3 Å². The number of carbonyl (C=O) groups excluding carboxylic acids is 2. The minimum atomic E-state index is -1.49. The van der Waals surface area contributed by atoms with Crippen molar-refractivity contribution < 1.29 is 34.0 Å². The van der Waals surface area contributed by atoms with Gasteiger partial charge in [0.25, 0.3) is 5.56 Å². The van der Waals surface area contributed by atoms with E-state index in [1.165, 1.54) is 7.11 Å². The molecule has 3 aromatic rings. The Morgan fingerprint density at radius 1 is 1.13 bits per heavy atom. The Kier molecular flexibility index (Phi) is 14.0. The molecule has 0 radical (unpaired) electrons. The summed E-state index contributed by atoms with van der Waals surface area (Å²) < 4.78 is 18.1. The maximum atomic E-state index is 13.7. The number of hydrogen-bond acceptors (Lipinski definition) is 12. The lowest BCUT2D eigenvalue weighted by molar-refractivity contribution is -0.115. The van der Waals surface area contributed by atoms with Crippen LogP contribution in [0.1, 0.15) is 74.3 Å². The number of carbonyl (C=O) groups is 2. The molecule has 1 aliphatic carbocycles. The molecule has 0 amide bonds. The van der Waals surface area contributed by atoms with E-state index < -0.39 is 12.2 Å². The van der Waals surface area contributed by atoms with Gasteiger partial charge in [-0.2, -0.15) is 0 Å². The molecule has 0 spiro atoms. The Labute approximate surface area is 274 Å². The normalized spacial score (nSPS) is 17.5. The number of aliphatic hydroxyl groups is 2. The molecule has 6 N–H and O–H groups in total. The van der Waals surface area contributed by atoms with Crippen LogP contribution in [0.3, 0.4) is 0 Å². The van der Waals surface area contributed by atoms with E-state index in [-0.39, 0.29) is 43.0 Å². The van der Waals surface area contributed by atoms with Crippen molar-refractivity contribution in [3.63, 3.8) is 0 Å². The highest BCUT2D eigenvalue weighted by Gasteiger charge is 2.31. The summed E-state index contributed by atoms with van der Waals surface area (Å²) >= 11 is 0. The first-order valence-corrected chi connectivity index (χ1v) is 15.7. The molecular formula is C34H47N5O8. The van der Waals surface area contributed by atoms with E-state index in [0.29, 0.717) is 53.8 Å². The van der Waals surface area contributed by atoms with Gasteiger partial charge >= 0.3 is 0 Å². The molecule has 256 valence electrons. The molecule has 3 heterocycles. The predicted octanol–water partition coefficient (Wildman–Crippen LogP) is 2.84. The summed E-state index contributed by atoms with van der Waals surface area (Å²) in [7, 11) is 4.03. The highest BCUT2D eigenvalue weighted by atomic mass is 16.5. The van der Waals surface area contributed by atoms with Crippen molar-refractivity contribution in [2.75, 3.05) is 27.9 Å². The molecule has 47 heavy (non-hydrogen) atoms. The van der Waals surface area contributed by atoms with Crippen LogP contribution in [0.4, 0.5) is 0 Å². The first-order chi connectivity index (χ1) is 22.8. The molecule has 2 unspecified atom stereocenters. The van der Waals surface area contributed by atoms with Crippen molar-refractivity contribution in [1.29, 1.82) is 0 Å². The summed E-state index contributed by atoms with van der Waals surface area (Å²) in [5.74, 6) is 7.42. The van der Waals surface area contributed by atoms with Crippen molar-refractivity contribution in [2.24, 2.45) is 11.6 Å². The topological polar surface area (TPSA) is 192 Å². The lowest BCUT2D eigenvalue weighted by atomic mass is 9.97. The number of aromatic nitrogens is 2. The summed E-state index contributed by atoms with van der Waals surface area (Å²) in [6, 6.07) is 7.17. The number of rotatable bonds is 11. The van der Waals surface area contributed by atoms with Crippen LogP contribution in [0.25, 0.3) is 22.3 Å². The average molecular weight is 654 g/mol. The van der Waals surface area contributed by atoms with E-state index >= 15 is 0 Å². The molecule has 1 aliphatic heterocycles. The van der Waals surface area contributed by atoms with E-state index in [0.717, 1.165) is 48.6 Å². The second kappa shape index (κ2) is 17.7. The average Bonchev–Trinajstić information content (AvgIpc) is 3.47. The smallest absolute Gasteiger partial charge is 0.257 e. The summed E-state index contributed by atoms with van der Waals surface area (Å²) in [5, 5.41) is 19.9. The Bertz CT molecular complexity index is 1640. The van der Waals surface area contributed by atoms with Crippen LogP contribution >= 0.6 is 0 Å². The Balaban J connectivity index is 0.00000144. The fraction of sp³-hybridized carbons (Fsp3) is 0.471. The van der Waals surface area contributed by atoms with Crippen LogP contribution in [0, 0.1) is 0 Å². The fourth-order valence-electron chi connectivity index (χ4n) is 6.07. The van der Waals surface area contributed by atoms with Crippen molar-refractivity contribution in [1.82, 2.24) is 14.6 Å². The number of nitrogens with zero attached hydrogens (tertiary/aromatic N) is 3. The van der Waals surface area contributed by atoms with E-state index in [2.05, 4.69) is 0 Å². The number of aldehydes is 2. The molecule has 2 aromatic heterocycles. The standard InChI is InChI=1S/C31H37N5O7.C2H6.CH4O/c1-41-17-23-20(27(39)16-38)13-26-30-22(14-35(26)31(23)40)21(19-12-18(42-2)8-9-24(19)34-30)15-36(33)25-6-4-3-5-7-28(29(25)32)43-11-10-37;2*1-2/h8-10,12-13,16,27-28,39H,3-7,11,14-15,17,32-33H2,1-2H3;1-2H3;2H,1H3/b29-25-;;. The zero-order chi connectivity index (χ0) is 34.7. The number of aliphatic hydroxyl groups excluding tert-OH is 2. The zero-order valence-electron chi connectivity index (χ0n) is 27.8. The van der Waals surface area contributed by atoms with Gasteiger partial charge < -0.3 is 49.3 Å². The van der Waals surface area contributed by atoms with Gasteiger partial charge in [-0.05, 0) is 49.1 Å². The maximum Gasteiger partial charge on any atom is 0.257 e. The third-order valence-electron chi connectivity index (χ3n) is 8.24. The highest BCUT2D eigenvalue weighted by Crippen LogP contribution is 2.39. The Hall–Kier alpha value is -4.14. The first-order valence-electron chi connectivity index (χ1n) is 15.7. The fourth-order valence-corrected chi connectivity index (χ4v) is 6.07. The lowest BCUT2D eigenvalue weighted by Crippen LogP contribution is -2.36. The lowest BCUT2D eigenvalue weighted by Gasteiger charge is -2.30. The van der Waals surface area contributed by atoms with Crippen LogP contribution in [0.15, 0.2) is 40.5 Å². The monoisotopic (exact) mass is 653 g/mol. The number of fused-ring (bicyclic) bond motifs is 4. The first kappa shape index (κ1) is 37.3. The molecule has 5 rings (SSSR count). The van der Waals surface area contributed by atoms with Crippen LogP contribution in [0.2, 0.25) is 0 Å². The molecule has 0 saturated heterocycles. The zero-order valence-corrected chi connectivity index (χ0v) is 27.8. The number of methoxy groups -OCH3 is 2. The molecule has 0 saturated carbocycles. The van der Waals surface area contributed by atoms with E-state index in [9.17, 15) is 19.5 Å². The number of pyridine rings is 2. The van der Waals surface area contributed by atoms with Gasteiger partial charge in [-0.1, -0.05) is 26.7 Å². The van der Waals surface area contributed by atoms with E-state index in [1.807, 2.05) is 26.0 Å². The van der Waals surface area contributed by atoms with Gasteiger partial charge in [0.1, 0.15) is 24.7 Å². The van der Waals surface area contributed by atoms with Crippen molar-refractivity contribution >= 4 is 23.5 Å². The summed E-state index contributed by atoms with van der Waals surface area (Å²) in [6.07, 6.45) is 3.34. The van der Waals surface area contributed by atoms with E-state index in [4.69, 9.17) is 35.9 Å². The molecule has 2 aliphatic rings. The number of allylic oxidation sites excluding steroid dienone is 1. The summed E-state index contributed by atoms with van der Waals surface area (Å²) in [5.41, 5.74) is 11.2. The quantitative estimate of drug-likeness (QED) is 0.105. The second-order valence-corrected chi connectivity index (χ2v) is 10.8. The van der Waals surface area contributed by atoms with Gasteiger partial charge in [0.05, 0.1) is 61.2 Å². The molecule has 1 aromatic carbocycles. The van der Waals surface area contributed by atoms with Crippen molar-refractivity contribution in [2.45, 2.75) is 77.9 Å². The van der Waals surface area contributed by atoms with E-state index in [1.54, 1.807) is 28.8 Å². The Morgan fingerprint density at radius 3 is 2.53 bits per heavy atom. The van der Waals surface area contributed by atoms with Gasteiger partial charge in [-0.25, -0.2) is 10.8 Å². The maximum absolute atomic E-state index is 13.7. The number of benzene rings is 1. The van der Waals surface area contributed by atoms with Gasteiger partial charge in [-0.3, -0.25) is 4.79 Å². The largest absolute Gasteiger partial charge is 0.497 e. The summed E-state index contributed by atoms with van der Waals surface area (Å²) in [4.78, 5) is 41.2.